The first-order valence-corrected chi connectivity index (χ1v) is 10.8. The lowest BCUT2D eigenvalue weighted by atomic mass is 10.1. The van der Waals surface area contributed by atoms with Crippen LogP contribution in [0, 0.1) is 0 Å². The second-order valence-electron chi connectivity index (χ2n) is 8.63. The van der Waals surface area contributed by atoms with Gasteiger partial charge in [-0.05, 0) is 41.5 Å². The highest BCUT2D eigenvalue weighted by atomic mass is 16.5. The van der Waals surface area contributed by atoms with Crippen LogP contribution in [-0.2, 0) is 6.42 Å². The topological polar surface area (TPSA) is 59.0 Å². The van der Waals surface area contributed by atoms with Crippen LogP contribution in [0.1, 0.15) is 21.5 Å². The first-order chi connectivity index (χ1) is 15.0. The maximum atomic E-state index is 12.9. The molecule has 0 saturated carbocycles. The monoisotopic (exact) mass is 423 g/mol. The summed E-state index contributed by atoms with van der Waals surface area (Å²) in [6.45, 7) is 5.08. The number of aliphatic hydroxyl groups excluding tert-OH is 1. The summed E-state index contributed by atoms with van der Waals surface area (Å²) < 4.78 is 11.6. The van der Waals surface area contributed by atoms with Crippen LogP contribution in [-0.4, -0.2) is 76.0 Å². The minimum Gasteiger partial charge on any atom is -0.493 e. The van der Waals surface area contributed by atoms with Crippen molar-refractivity contribution in [1.29, 1.82) is 0 Å². The Morgan fingerprint density at radius 3 is 2.32 bits per heavy atom. The van der Waals surface area contributed by atoms with E-state index in [2.05, 4.69) is 36.2 Å². The molecule has 0 aromatic heterocycles. The number of carbonyl (C=O) groups is 1. The number of ketones is 1. The van der Waals surface area contributed by atoms with Crippen LogP contribution in [0.25, 0.3) is 6.08 Å². The van der Waals surface area contributed by atoms with Gasteiger partial charge in [0.25, 0.3) is 0 Å². The Labute approximate surface area is 183 Å². The van der Waals surface area contributed by atoms with Gasteiger partial charge in [0.2, 0.25) is 0 Å². The minimum atomic E-state index is 0.0528. The van der Waals surface area contributed by atoms with E-state index in [0.29, 0.717) is 23.5 Å². The first kappa shape index (κ1) is 21.4. The molecule has 6 nitrogen and oxygen atoms in total. The zero-order valence-corrected chi connectivity index (χ0v) is 18.6. The zero-order chi connectivity index (χ0) is 22.0. The van der Waals surface area contributed by atoms with Crippen LogP contribution in [0.5, 0.6) is 11.5 Å². The third kappa shape index (κ3) is 4.31. The summed E-state index contributed by atoms with van der Waals surface area (Å²) in [6.07, 6.45) is 2.58. The number of anilines is 1. The first-order valence-electron chi connectivity index (χ1n) is 10.8. The molecule has 1 N–H and O–H groups in total. The Balaban J connectivity index is 1.47. The van der Waals surface area contributed by atoms with Gasteiger partial charge in [0.1, 0.15) is 6.54 Å². The molecule has 0 amide bonds. The predicted molar refractivity (Wildman–Crippen MR) is 122 cm³/mol. The van der Waals surface area contributed by atoms with Crippen molar-refractivity contribution in [3.63, 3.8) is 0 Å². The van der Waals surface area contributed by atoms with Crippen LogP contribution < -0.4 is 14.4 Å². The molecule has 1 aliphatic heterocycles. The van der Waals surface area contributed by atoms with E-state index in [4.69, 9.17) is 9.47 Å². The molecule has 0 bridgehead atoms. The average molecular weight is 424 g/mol. The van der Waals surface area contributed by atoms with Crippen molar-refractivity contribution in [1.82, 2.24) is 0 Å². The standard InChI is InChI=1S/C25H31N2O4/c1-27(12-13-28)10-8-26(9-11-27)21-6-4-18(5-7-21)14-20-15-19-16-23(30-2)24(31-3)17-22(19)25(20)29/h4-7,14,16-17,28H,8-13,15H2,1-3H3/q+1. The van der Waals surface area contributed by atoms with E-state index in [-0.39, 0.29) is 12.4 Å². The molecular formula is C25H31N2O4+. The number of allylic oxidation sites excluding steroid dienone is 1. The number of hydrogen-bond acceptors (Lipinski definition) is 5. The van der Waals surface area contributed by atoms with Crippen molar-refractivity contribution < 1.29 is 23.9 Å². The van der Waals surface area contributed by atoms with Crippen LogP contribution in [0.15, 0.2) is 42.0 Å². The number of Topliss-reactive ketones (excluding diaryl/α,β-unsaturated/α-hetero) is 1. The number of aliphatic hydroxyl groups is 1. The quantitative estimate of drug-likeness (QED) is 0.572. The fraction of sp³-hybridized carbons (Fsp3) is 0.400. The van der Waals surface area contributed by atoms with E-state index in [0.717, 1.165) is 53.9 Å². The van der Waals surface area contributed by atoms with Crippen LogP contribution in [0.3, 0.4) is 0 Å². The van der Waals surface area contributed by atoms with Gasteiger partial charge in [-0.25, -0.2) is 0 Å². The molecule has 0 radical (unpaired) electrons. The van der Waals surface area contributed by atoms with Gasteiger partial charge in [-0.3, -0.25) is 4.79 Å². The number of fused-ring (bicyclic) bond motifs is 1. The average Bonchev–Trinajstić information content (AvgIpc) is 3.08. The number of benzene rings is 2. The molecule has 2 aromatic rings. The molecule has 6 heteroatoms. The van der Waals surface area contributed by atoms with E-state index in [1.807, 2.05) is 12.1 Å². The van der Waals surface area contributed by atoms with Gasteiger partial charge in [0.05, 0.1) is 54.1 Å². The van der Waals surface area contributed by atoms with E-state index in [1.165, 1.54) is 5.69 Å². The lowest BCUT2D eigenvalue weighted by Crippen LogP contribution is -2.58. The SMILES string of the molecule is COc1cc2c(cc1OC)C(=O)C(=Cc1ccc(N3CC[N+](C)(CCO)CC3)cc1)C2. The number of quaternary nitrogens is 1. The molecule has 0 atom stereocenters. The summed E-state index contributed by atoms with van der Waals surface area (Å²) in [5.41, 5.74) is 4.68. The molecule has 31 heavy (non-hydrogen) atoms. The van der Waals surface area contributed by atoms with Gasteiger partial charge < -0.3 is 24.0 Å². The van der Waals surface area contributed by atoms with E-state index in [1.54, 1.807) is 20.3 Å². The van der Waals surface area contributed by atoms with Crippen LogP contribution in [0.4, 0.5) is 5.69 Å². The molecule has 1 fully saturated rings. The van der Waals surface area contributed by atoms with Crippen molar-refractivity contribution in [2.24, 2.45) is 0 Å². The summed E-state index contributed by atoms with van der Waals surface area (Å²) in [7, 11) is 5.40. The molecular weight excluding hydrogens is 392 g/mol. The van der Waals surface area contributed by atoms with Gasteiger partial charge in [0, 0.05) is 23.2 Å². The summed E-state index contributed by atoms with van der Waals surface area (Å²) in [5.74, 6) is 1.28. The highest BCUT2D eigenvalue weighted by molar-refractivity contribution is 6.15. The molecule has 0 spiro atoms. The summed E-state index contributed by atoms with van der Waals surface area (Å²) in [4.78, 5) is 15.3. The number of methoxy groups -OCH3 is 2. The van der Waals surface area contributed by atoms with Crippen molar-refractivity contribution in [2.45, 2.75) is 6.42 Å². The van der Waals surface area contributed by atoms with E-state index >= 15 is 0 Å². The van der Waals surface area contributed by atoms with Crippen LogP contribution >= 0.6 is 0 Å². The second kappa shape index (κ2) is 8.73. The van der Waals surface area contributed by atoms with Gasteiger partial charge in [0.15, 0.2) is 17.3 Å². The molecule has 164 valence electrons. The molecule has 1 heterocycles. The molecule has 1 aliphatic carbocycles. The number of piperazine rings is 1. The fourth-order valence-electron chi connectivity index (χ4n) is 4.51. The Bertz CT molecular complexity index is 989. The number of nitrogens with zero attached hydrogens (tertiary/aromatic N) is 2. The predicted octanol–water partition coefficient (Wildman–Crippen LogP) is 2.79. The number of ether oxygens (including phenoxy) is 2. The third-order valence-electron chi connectivity index (χ3n) is 6.59. The maximum Gasteiger partial charge on any atom is 0.189 e. The largest absolute Gasteiger partial charge is 0.493 e. The molecule has 0 unspecified atom stereocenters. The van der Waals surface area contributed by atoms with E-state index < -0.39 is 0 Å². The lowest BCUT2D eigenvalue weighted by Gasteiger charge is -2.42. The van der Waals surface area contributed by atoms with Gasteiger partial charge in [-0.2, -0.15) is 0 Å². The van der Waals surface area contributed by atoms with Crippen molar-refractivity contribution in [3.05, 3.63) is 58.7 Å². The number of likely N-dealkylation sites (N-methyl/N-ethyl adjacent to an activating group) is 1. The Kier molecular flexibility index (Phi) is 6.03. The summed E-state index contributed by atoms with van der Waals surface area (Å²) in [6, 6.07) is 12.1. The van der Waals surface area contributed by atoms with Gasteiger partial charge in [-0.15, -0.1) is 0 Å². The van der Waals surface area contributed by atoms with Crippen LogP contribution in [0.2, 0.25) is 0 Å². The van der Waals surface area contributed by atoms with Crippen molar-refractivity contribution >= 4 is 17.5 Å². The van der Waals surface area contributed by atoms with Crippen molar-refractivity contribution in [3.8, 4) is 11.5 Å². The smallest absolute Gasteiger partial charge is 0.189 e. The maximum absolute atomic E-state index is 12.9. The molecule has 1 saturated heterocycles. The molecule has 2 aliphatic rings. The second-order valence-corrected chi connectivity index (χ2v) is 8.63. The lowest BCUT2D eigenvalue weighted by molar-refractivity contribution is -0.910. The number of carbonyl (C=O) groups excluding carboxylic acids is 1. The fourth-order valence-corrected chi connectivity index (χ4v) is 4.51. The molecule has 4 rings (SSSR count). The summed E-state index contributed by atoms with van der Waals surface area (Å²) in [5, 5.41) is 9.27. The number of hydrogen-bond donors (Lipinski definition) is 1. The van der Waals surface area contributed by atoms with Crippen molar-refractivity contribution in [2.75, 3.05) is 65.5 Å². The van der Waals surface area contributed by atoms with E-state index in [9.17, 15) is 9.90 Å². The minimum absolute atomic E-state index is 0.0528. The number of rotatable bonds is 6. The highest BCUT2D eigenvalue weighted by Gasteiger charge is 2.29. The third-order valence-corrected chi connectivity index (χ3v) is 6.59. The Morgan fingerprint density at radius 1 is 1.06 bits per heavy atom. The Hall–Kier alpha value is -2.83. The zero-order valence-electron chi connectivity index (χ0n) is 18.6. The highest BCUT2D eigenvalue weighted by Crippen LogP contribution is 2.37. The Morgan fingerprint density at radius 2 is 1.71 bits per heavy atom. The van der Waals surface area contributed by atoms with Gasteiger partial charge in [-0.1, -0.05) is 12.1 Å². The summed E-state index contributed by atoms with van der Waals surface area (Å²) >= 11 is 0. The molecule has 2 aromatic carbocycles. The van der Waals surface area contributed by atoms with Gasteiger partial charge >= 0.3 is 0 Å². The normalized spacial score (nSPS) is 18.9.